The van der Waals surface area contributed by atoms with Crippen LogP contribution in [0.15, 0.2) is 29.2 Å². The van der Waals surface area contributed by atoms with Crippen LogP contribution >= 0.6 is 15.6 Å². The van der Waals surface area contributed by atoms with Gasteiger partial charge in [-0.15, -0.1) is 0 Å². The molecule has 11 atom stereocenters. The number of cyclic esters (lactones) is 1. The summed E-state index contributed by atoms with van der Waals surface area (Å²) in [7, 11) is -11.3. The number of aliphatic hydroxyl groups is 4. The molecule has 0 radical (unpaired) electrons. The molecule has 3 heterocycles. The van der Waals surface area contributed by atoms with Crippen LogP contribution in [0.1, 0.15) is 213 Å². The van der Waals surface area contributed by atoms with Gasteiger partial charge in [-0.25, -0.2) is 13.9 Å². The van der Waals surface area contributed by atoms with E-state index in [1.54, 1.807) is 0 Å². The molecule has 8 N–H and O–H groups in total. The topological polar surface area (TPSA) is 323 Å². The number of unbranched alkanes of at least 4 members (excludes halogenated alkanes) is 17. The minimum Gasteiger partial charge on any atom is -0.462 e. The van der Waals surface area contributed by atoms with Crippen LogP contribution < -0.4 is 11.4 Å². The predicted octanol–water partition coefficient (Wildman–Crippen LogP) is 9.23. The second-order valence-corrected chi connectivity index (χ2v) is 24.5. The number of rotatable bonds is 27. The van der Waals surface area contributed by atoms with E-state index in [1.807, 2.05) is 6.92 Å². The Kier molecular flexibility index (Phi) is 33.7. The predicted molar refractivity (Wildman–Crippen MR) is 290 cm³/mol. The maximum Gasteiger partial charge on any atom is 0.481 e. The van der Waals surface area contributed by atoms with Crippen LogP contribution in [0.5, 0.6) is 0 Å². The van der Waals surface area contributed by atoms with Crippen LogP contribution in [0.3, 0.4) is 0 Å². The number of Topliss-reactive ketones (excluding diaryl/α,β-unsaturated/α-hetero) is 1. The van der Waals surface area contributed by atoms with Crippen molar-refractivity contribution in [2.24, 2.45) is 17.8 Å². The highest BCUT2D eigenvalue weighted by Crippen LogP contribution is 2.60. The third kappa shape index (κ3) is 28.9. The van der Waals surface area contributed by atoms with Crippen molar-refractivity contribution in [1.82, 2.24) is 9.55 Å². The lowest BCUT2D eigenvalue weighted by Gasteiger charge is -2.39. The zero-order valence-electron chi connectivity index (χ0n) is 46.2. The normalized spacial score (nSPS) is 28.5. The lowest BCUT2D eigenvalue weighted by atomic mass is 9.83. The molecule has 1 aromatic heterocycles. The molecule has 0 saturated carbocycles. The second-order valence-electron chi connectivity index (χ2n) is 21.4. The first kappa shape index (κ1) is 68.4. The van der Waals surface area contributed by atoms with Crippen LogP contribution in [0.4, 0.5) is 5.82 Å². The van der Waals surface area contributed by atoms with E-state index >= 15 is 0 Å². The summed E-state index contributed by atoms with van der Waals surface area (Å²) in [6.45, 7) is 3.84. The Labute approximate surface area is 456 Å². The number of esters is 2. The van der Waals surface area contributed by atoms with E-state index in [2.05, 4.69) is 23.1 Å². The number of nitrogens with zero attached hydrogens (tertiary/aromatic N) is 2. The number of ketones is 1. The molecule has 2 bridgehead atoms. The van der Waals surface area contributed by atoms with Gasteiger partial charge in [-0.2, -0.15) is 9.29 Å². The molecule has 1 aromatic rings. The highest BCUT2D eigenvalue weighted by Gasteiger charge is 2.45. The summed E-state index contributed by atoms with van der Waals surface area (Å²) in [4.78, 5) is 78.4. The summed E-state index contributed by atoms with van der Waals surface area (Å²) in [6, 6.07) is 1.25. The molecule has 2 aliphatic heterocycles. The van der Waals surface area contributed by atoms with E-state index in [0.29, 0.717) is 44.9 Å². The van der Waals surface area contributed by atoms with Gasteiger partial charge in [0, 0.05) is 31.4 Å². The van der Waals surface area contributed by atoms with E-state index < -0.39 is 120 Å². The van der Waals surface area contributed by atoms with Crippen LogP contribution in [0.25, 0.3) is 0 Å². The fraction of sp³-hybridized carbons (Fsp3) is 0.833. The molecule has 23 heteroatoms. The van der Waals surface area contributed by atoms with Crippen molar-refractivity contribution in [2.75, 3.05) is 25.6 Å². The molecule has 0 amide bonds. The van der Waals surface area contributed by atoms with Crippen LogP contribution in [0, 0.1) is 17.8 Å². The number of phosphoric ester groups is 2. The molecule has 0 aromatic carbocycles. The molecule has 0 spiro atoms. The number of nitrogen functional groups attached to an aromatic ring is 1. The molecule has 3 rings (SSSR count). The molecule has 2 unspecified atom stereocenters. The number of aromatic nitrogens is 2. The van der Waals surface area contributed by atoms with Gasteiger partial charge in [0.05, 0.1) is 37.4 Å². The minimum atomic E-state index is -5.72. The van der Waals surface area contributed by atoms with Crippen molar-refractivity contribution in [3.05, 3.63) is 34.9 Å². The number of hydrogen-bond donors (Lipinski definition) is 7. The van der Waals surface area contributed by atoms with Crippen LogP contribution in [0.2, 0.25) is 0 Å². The summed E-state index contributed by atoms with van der Waals surface area (Å²) in [5, 5.41) is 45.8. The lowest BCUT2D eigenvalue weighted by Crippen LogP contribution is -2.51. The highest BCUT2D eigenvalue weighted by atomic mass is 31.3. The van der Waals surface area contributed by atoms with Gasteiger partial charge < -0.3 is 50.2 Å². The molecule has 2 fully saturated rings. The fourth-order valence-electron chi connectivity index (χ4n) is 9.64. The maximum atomic E-state index is 14.0. The van der Waals surface area contributed by atoms with E-state index in [-0.39, 0.29) is 25.1 Å². The zero-order valence-corrected chi connectivity index (χ0v) is 47.9. The molecule has 77 heavy (non-hydrogen) atoms. The number of carbonyl (C=O) groups excluding carboxylic acids is 3. The number of fused-ring (bicyclic) bond motifs is 3. The van der Waals surface area contributed by atoms with Gasteiger partial charge in [0.2, 0.25) is 0 Å². The average Bonchev–Trinajstić information content (AvgIpc) is 3.36. The average molecular weight is 1140 g/mol. The lowest BCUT2D eigenvalue weighted by molar-refractivity contribution is -0.188. The molecular weight excluding hydrogens is 1040 g/mol. The first-order valence-corrected chi connectivity index (χ1v) is 31.7. The molecule has 2 saturated heterocycles. The van der Waals surface area contributed by atoms with Gasteiger partial charge in [0.25, 0.3) is 0 Å². The maximum absolute atomic E-state index is 14.0. The van der Waals surface area contributed by atoms with Crippen molar-refractivity contribution >= 4 is 39.2 Å². The van der Waals surface area contributed by atoms with Crippen LogP contribution in [-0.2, 0) is 51.1 Å². The first-order valence-electron chi connectivity index (χ1n) is 28.7. The minimum absolute atomic E-state index is 0.00750. The standard InChI is InChI=1S/C54H95N3O18P2/c1-4-5-22-28-41(58)32-33-43-45(59)36-46(60)44-29-24-20-21-25-30-49(61)70-37-42(73-50(62)31-26-19-17-15-13-11-9-7-6-8-10-12-14-16-18-23-27-40(2)3)38-71-76(66,67)75-77(68,69)72-39-47(52(64)51(43)63)74-53(44)57-35-34-48(55)56-54(57)65/h32-35,40-44,46-47,51-53,58,60,63-64H,4-31,36-39H2,1-3H3,(H,66,67)(H,68,69)(H2,55,56,65)/b33-32+/t41-,42+,43-,44-,46-,47+,51-,52+,53+/m0/s1. The first-order chi connectivity index (χ1) is 36.7. The Bertz CT molecular complexity index is 2030. The SMILES string of the molecule is CCCCC[C@H](O)/C=C/[C@H]1C(=O)C[C@H](O)[C@@H]2CCCCCCC(=O)OC[C@@H](OC(=O)CCCCCCCCCCCCCCCCCCC(C)C)COP(=O)(O)OP(=O)(O)OC[C@@H](O[C@H]2n2ccc(N)nc2=O)[C@@H](O)[C@H]1O. The highest BCUT2D eigenvalue weighted by molar-refractivity contribution is 7.61. The van der Waals surface area contributed by atoms with Crippen molar-refractivity contribution in [2.45, 2.75) is 250 Å². The third-order valence-corrected chi connectivity index (χ3v) is 16.8. The second kappa shape index (κ2) is 37.9. The number of hydrogen-bond acceptors (Lipinski definition) is 18. The monoisotopic (exact) mass is 1140 g/mol. The van der Waals surface area contributed by atoms with Crippen LogP contribution in [-0.4, -0.2) is 114 Å². The number of anilines is 1. The van der Waals surface area contributed by atoms with E-state index in [9.17, 15) is 58.5 Å². The molecule has 21 nitrogen and oxygen atoms in total. The van der Waals surface area contributed by atoms with Gasteiger partial charge in [0.15, 0.2) is 6.10 Å². The third-order valence-electron chi connectivity index (χ3n) is 14.2. The molecule has 444 valence electrons. The van der Waals surface area contributed by atoms with Gasteiger partial charge in [-0.3, -0.25) is 28.0 Å². The summed E-state index contributed by atoms with van der Waals surface area (Å²) in [5.41, 5.74) is 4.79. The van der Waals surface area contributed by atoms with Crippen molar-refractivity contribution in [3.8, 4) is 0 Å². The Morgan fingerprint density at radius 3 is 1.96 bits per heavy atom. The summed E-state index contributed by atoms with van der Waals surface area (Å²) < 4.78 is 59.3. The van der Waals surface area contributed by atoms with Crippen molar-refractivity contribution < 1.29 is 81.3 Å². The Morgan fingerprint density at radius 1 is 0.792 bits per heavy atom. The number of carbonyl (C=O) groups is 3. The van der Waals surface area contributed by atoms with Gasteiger partial charge >= 0.3 is 33.3 Å². The summed E-state index contributed by atoms with van der Waals surface area (Å²) in [6.07, 6.45) is 15.4. The van der Waals surface area contributed by atoms with Crippen molar-refractivity contribution in [3.63, 3.8) is 0 Å². The Balaban J connectivity index is 1.69. The molecule has 2 aliphatic rings. The summed E-state index contributed by atoms with van der Waals surface area (Å²) >= 11 is 0. The number of phosphoric acid groups is 2. The zero-order chi connectivity index (χ0) is 56.6. The number of aliphatic hydroxyl groups excluding tert-OH is 4. The Morgan fingerprint density at radius 2 is 1.36 bits per heavy atom. The van der Waals surface area contributed by atoms with E-state index in [0.717, 1.165) is 49.0 Å². The van der Waals surface area contributed by atoms with E-state index in [4.69, 9.17) is 29.0 Å². The molecule has 0 aliphatic carbocycles. The number of ether oxygens (including phenoxy) is 3. The quantitative estimate of drug-likeness (QED) is 0.0187. The largest absolute Gasteiger partial charge is 0.481 e. The molecular formula is C54H95N3O18P2. The van der Waals surface area contributed by atoms with Crippen molar-refractivity contribution in [1.29, 1.82) is 0 Å². The fourth-order valence-corrected chi connectivity index (χ4v) is 11.8. The summed E-state index contributed by atoms with van der Waals surface area (Å²) in [5.74, 6) is -4.24. The van der Waals surface area contributed by atoms with Gasteiger partial charge in [-0.1, -0.05) is 174 Å². The van der Waals surface area contributed by atoms with Gasteiger partial charge in [0.1, 0.15) is 36.6 Å². The number of nitrogens with two attached hydrogens (primary N) is 1. The van der Waals surface area contributed by atoms with E-state index in [1.165, 1.54) is 101 Å². The smallest absolute Gasteiger partial charge is 0.462 e. The van der Waals surface area contributed by atoms with Gasteiger partial charge in [-0.05, 0) is 37.7 Å². The Hall–Kier alpha value is -2.91.